The molecule has 3 heteroatoms. The zero-order valence-corrected chi connectivity index (χ0v) is 15.0. The van der Waals surface area contributed by atoms with Gasteiger partial charge in [0.05, 0.1) is 0 Å². The van der Waals surface area contributed by atoms with Crippen LogP contribution in [0.15, 0.2) is 60.7 Å². The standard InChI is InChI=1S/C23H21NO2/c1-15-6-5-9-22(16(15)2)26-14-23(25)24-19-10-11-21-18(13-19)12-17-7-3-4-8-20(17)21/h3-11,13H,12,14H2,1-2H3,(H,24,25). The third kappa shape index (κ3) is 3.08. The highest BCUT2D eigenvalue weighted by Crippen LogP contribution is 2.37. The molecule has 1 aliphatic rings. The van der Waals surface area contributed by atoms with Crippen molar-refractivity contribution in [2.45, 2.75) is 20.3 Å². The van der Waals surface area contributed by atoms with Crippen molar-refractivity contribution in [2.75, 3.05) is 11.9 Å². The first-order chi connectivity index (χ1) is 12.6. The smallest absolute Gasteiger partial charge is 0.262 e. The van der Waals surface area contributed by atoms with Crippen molar-refractivity contribution >= 4 is 11.6 Å². The molecule has 0 saturated carbocycles. The molecule has 26 heavy (non-hydrogen) atoms. The number of amides is 1. The summed E-state index contributed by atoms with van der Waals surface area (Å²) >= 11 is 0. The summed E-state index contributed by atoms with van der Waals surface area (Å²) < 4.78 is 5.68. The van der Waals surface area contributed by atoms with Crippen LogP contribution in [0, 0.1) is 13.8 Å². The summed E-state index contributed by atoms with van der Waals surface area (Å²) in [5.74, 6) is 0.603. The molecule has 4 rings (SSSR count). The van der Waals surface area contributed by atoms with Gasteiger partial charge in [-0.1, -0.05) is 42.5 Å². The van der Waals surface area contributed by atoms with Gasteiger partial charge in [0.15, 0.2) is 6.61 Å². The van der Waals surface area contributed by atoms with E-state index >= 15 is 0 Å². The Morgan fingerprint density at radius 2 is 1.77 bits per heavy atom. The summed E-state index contributed by atoms with van der Waals surface area (Å²) in [6.07, 6.45) is 0.911. The topological polar surface area (TPSA) is 38.3 Å². The first-order valence-electron chi connectivity index (χ1n) is 8.82. The van der Waals surface area contributed by atoms with E-state index in [0.717, 1.165) is 29.0 Å². The summed E-state index contributed by atoms with van der Waals surface area (Å²) in [4.78, 5) is 12.3. The maximum atomic E-state index is 12.3. The number of fused-ring (bicyclic) bond motifs is 3. The van der Waals surface area contributed by atoms with Crippen molar-refractivity contribution in [3.8, 4) is 16.9 Å². The van der Waals surface area contributed by atoms with Crippen LogP contribution in [0.4, 0.5) is 5.69 Å². The van der Waals surface area contributed by atoms with E-state index in [2.05, 4.69) is 41.7 Å². The fourth-order valence-electron chi connectivity index (χ4n) is 3.44. The molecule has 0 atom stereocenters. The monoisotopic (exact) mass is 343 g/mol. The number of rotatable bonds is 4. The third-order valence-electron chi connectivity index (χ3n) is 4.99. The van der Waals surface area contributed by atoms with Gasteiger partial charge in [-0.2, -0.15) is 0 Å². The van der Waals surface area contributed by atoms with E-state index in [4.69, 9.17) is 4.74 Å². The van der Waals surface area contributed by atoms with Gasteiger partial charge in [-0.3, -0.25) is 4.79 Å². The number of nitrogens with one attached hydrogen (secondary N) is 1. The predicted molar refractivity (Wildman–Crippen MR) is 105 cm³/mol. The molecule has 3 aromatic carbocycles. The number of hydrogen-bond acceptors (Lipinski definition) is 2. The zero-order chi connectivity index (χ0) is 18.1. The molecular formula is C23H21NO2. The Morgan fingerprint density at radius 3 is 2.65 bits per heavy atom. The molecule has 0 aliphatic heterocycles. The van der Waals surface area contributed by atoms with E-state index < -0.39 is 0 Å². The lowest BCUT2D eigenvalue weighted by Gasteiger charge is -2.11. The molecular weight excluding hydrogens is 322 g/mol. The largest absolute Gasteiger partial charge is 0.483 e. The van der Waals surface area contributed by atoms with Crippen LogP contribution < -0.4 is 10.1 Å². The lowest BCUT2D eigenvalue weighted by molar-refractivity contribution is -0.118. The van der Waals surface area contributed by atoms with Crippen molar-refractivity contribution < 1.29 is 9.53 Å². The summed E-state index contributed by atoms with van der Waals surface area (Å²) in [5.41, 5.74) is 8.16. The Hall–Kier alpha value is -3.07. The van der Waals surface area contributed by atoms with Crippen molar-refractivity contribution in [3.63, 3.8) is 0 Å². The highest BCUT2D eigenvalue weighted by Gasteiger charge is 2.18. The third-order valence-corrected chi connectivity index (χ3v) is 4.99. The summed E-state index contributed by atoms with van der Waals surface area (Å²) in [6, 6.07) is 20.4. The Kier molecular flexibility index (Phi) is 4.21. The van der Waals surface area contributed by atoms with Crippen molar-refractivity contribution in [2.24, 2.45) is 0 Å². The van der Waals surface area contributed by atoms with E-state index in [-0.39, 0.29) is 12.5 Å². The first kappa shape index (κ1) is 16.4. The van der Waals surface area contributed by atoms with Gasteiger partial charge in [0.2, 0.25) is 0 Å². The van der Waals surface area contributed by atoms with Gasteiger partial charge in [0.25, 0.3) is 5.91 Å². The Bertz CT molecular complexity index is 991. The van der Waals surface area contributed by atoms with Gasteiger partial charge in [-0.05, 0) is 71.8 Å². The fraction of sp³-hybridized carbons (Fsp3) is 0.174. The van der Waals surface area contributed by atoms with E-state index in [1.54, 1.807) is 0 Å². The van der Waals surface area contributed by atoms with Gasteiger partial charge >= 0.3 is 0 Å². The quantitative estimate of drug-likeness (QED) is 0.573. The van der Waals surface area contributed by atoms with Gasteiger partial charge in [-0.15, -0.1) is 0 Å². The molecule has 1 amide bonds. The minimum absolute atomic E-state index is 0.00159. The fourth-order valence-corrected chi connectivity index (χ4v) is 3.44. The molecule has 130 valence electrons. The Morgan fingerprint density at radius 1 is 0.962 bits per heavy atom. The van der Waals surface area contributed by atoms with Crippen LogP contribution in [0.1, 0.15) is 22.3 Å². The van der Waals surface area contributed by atoms with Gasteiger partial charge in [0.1, 0.15) is 5.75 Å². The average Bonchev–Trinajstić information content (AvgIpc) is 3.00. The molecule has 1 aliphatic carbocycles. The number of anilines is 1. The lowest BCUT2D eigenvalue weighted by atomic mass is 10.1. The predicted octanol–water partition coefficient (Wildman–Crippen LogP) is 4.89. The van der Waals surface area contributed by atoms with E-state index in [9.17, 15) is 4.79 Å². The van der Waals surface area contributed by atoms with Crippen LogP contribution in [-0.2, 0) is 11.2 Å². The molecule has 0 heterocycles. The summed E-state index contributed by atoms with van der Waals surface area (Å²) in [7, 11) is 0. The second-order valence-corrected chi connectivity index (χ2v) is 6.74. The maximum absolute atomic E-state index is 12.3. The van der Waals surface area contributed by atoms with Gasteiger partial charge in [-0.25, -0.2) is 0 Å². The van der Waals surface area contributed by atoms with E-state index in [0.29, 0.717) is 0 Å². The molecule has 3 aromatic rings. The summed E-state index contributed by atoms with van der Waals surface area (Å²) in [6.45, 7) is 4.03. The van der Waals surface area contributed by atoms with Crippen molar-refractivity contribution in [1.29, 1.82) is 0 Å². The minimum atomic E-state index is -0.152. The molecule has 0 unspecified atom stereocenters. The van der Waals surface area contributed by atoms with Crippen LogP contribution >= 0.6 is 0 Å². The number of carbonyl (C=O) groups is 1. The number of ether oxygens (including phenoxy) is 1. The highest BCUT2D eigenvalue weighted by atomic mass is 16.5. The number of aryl methyl sites for hydroxylation is 1. The minimum Gasteiger partial charge on any atom is -0.483 e. The Balaban J connectivity index is 1.43. The summed E-state index contributed by atoms with van der Waals surface area (Å²) in [5, 5.41) is 2.94. The van der Waals surface area contributed by atoms with Crippen LogP contribution in [0.3, 0.4) is 0 Å². The van der Waals surface area contributed by atoms with E-state index in [1.165, 1.54) is 22.3 Å². The van der Waals surface area contributed by atoms with Crippen LogP contribution in [-0.4, -0.2) is 12.5 Å². The maximum Gasteiger partial charge on any atom is 0.262 e. The molecule has 1 N–H and O–H groups in total. The normalized spacial score (nSPS) is 11.6. The molecule has 0 aromatic heterocycles. The number of carbonyl (C=O) groups excluding carboxylic acids is 1. The van der Waals surface area contributed by atoms with Crippen molar-refractivity contribution in [3.05, 3.63) is 82.9 Å². The van der Waals surface area contributed by atoms with E-state index in [1.807, 2.05) is 38.1 Å². The molecule has 3 nitrogen and oxygen atoms in total. The van der Waals surface area contributed by atoms with Crippen LogP contribution in [0.2, 0.25) is 0 Å². The van der Waals surface area contributed by atoms with Gasteiger partial charge < -0.3 is 10.1 Å². The number of hydrogen-bond donors (Lipinski definition) is 1. The molecule has 0 spiro atoms. The van der Waals surface area contributed by atoms with Gasteiger partial charge in [0, 0.05) is 5.69 Å². The molecule has 0 fully saturated rings. The SMILES string of the molecule is Cc1cccc(OCC(=O)Nc2ccc3c(c2)Cc2ccccc2-3)c1C. The second kappa shape index (κ2) is 6.68. The molecule has 0 saturated heterocycles. The highest BCUT2D eigenvalue weighted by molar-refractivity contribution is 5.93. The molecule has 0 radical (unpaired) electrons. The Labute approximate surface area is 153 Å². The molecule has 0 bridgehead atoms. The lowest BCUT2D eigenvalue weighted by Crippen LogP contribution is -2.20. The van der Waals surface area contributed by atoms with Crippen molar-refractivity contribution in [1.82, 2.24) is 0 Å². The van der Waals surface area contributed by atoms with Crippen LogP contribution in [0.5, 0.6) is 5.75 Å². The van der Waals surface area contributed by atoms with Crippen LogP contribution in [0.25, 0.3) is 11.1 Å². The average molecular weight is 343 g/mol. The number of benzene rings is 3. The zero-order valence-electron chi connectivity index (χ0n) is 15.0. The first-order valence-corrected chi connectivity index (χ1v) is 8.82. The second-order valence-electron chi connectivity index (χ2n) is 6.74.